The van der Waals surface area contributed by atoms with E-state index >= 15 is 4.39 Å². The van der Waals surface area contributed by atoms with E-state index in [4.69, 9.17) is 14.7 Å². The van der Waals surface area contributed by atoms with Crippen molar-refractivity contribution in [2.45, 2.75) is 89.0 Å². The zero-order valence-electron chi connectivity index (χ0n) is 28.0. The van der Waals surface area contributed by atoms with Crippen molar-refractivity contribution in [3.05, 3.63) is 46.9 Å². The normalized spacial score (nSPS) is 25.4. The van der Waals surface area contributed by atoms with Gasteiger partial charge in [0.25, 0.3) is 0 Å². The summed E-state index contributed by atoms with van der Waals surface area (Å²) in [4.78, 5) is 17.0. The van der Waals surface area contributed by atoms with Crippen LogP contribution < -0.4 is 14.5 Å². The minimum Gasteiger partial charge on any atom is -0.508 e. The van der Waals surface area contributed by atoms with Crippen LogP contribution in [0.3, 0.4) is 0 Å². The number of aromatic hydroxyl groups is 1. The topological polar surface area (TPSA) is 99.1 Å². The van der Waals surface area contributed by atoms with Gasteiger partial charge < -0.3 is 19.6 Å². The highest BCUT2D eigenvalue weighted by atomic mass is 32.2. The molecule has 0 radical (unpaired) electrons. The summed E-state index contributed by atoms with van der Waals surface area (Å²) in [5.41, 5.74) is 3.28. The van der Waals surface area contributed by atoms with Crippen molar-refractivity contribution in [1.29, 1.82) is 0 Å². The van der Waals surface area contributed by atoms with Gasteiger partial charge in [-0.25, -0.2) is 12.8 Å². The molecule has 254 valence electrons. The number of ether oxygens (including phenoxy) is 1. The zero-order chi connectivity index (χ0) is 32.9. The molecule has 0 spiro atoms. The van der Waals surface area contributed by atoms with Gasteiger partial charge in [0.05, 0.1) is 23.0 Å². The second-order valence-corrected chi connectivity index (χ2v) is 16.8. The number of hydrogen-bond donors (Lipinski definition) is 1. The van der Waals surface area contributed by atoms with Gasteiger partial charge in [0.2, 0.25) is 0 Å². The van der Waals surface area contributed by atoms with Gasteiger partial charge in [-0.05, 0) is 80.5 Å². The first-order valence-corrected chi connectivity index (χ1v) is 19.4. The van der Waals surface area contributed by atoms with Gasteiger partial charge in [-0.1, -0.05) is 32.8 Å². The molecule has 5 heterocycles. The Hall–Kier alpha value is -3.18. The molecule has 0 bridgehead atoms. The number of benzene rings is 2. The van der Waals surface area contributed by atoms with Crippen LogP contribution in [-0.4, -0.2) is 84.8 Å². The third kappa shape index (κ3) is 6.25. The molecule has 2 aromatic carbocycles. The second kappa shape index (κ2) is 12.7. The fourth-order valence-corrected chi connectivity index (χ4v) is 9.88. The first kappa shape index (κ1) is 32.4. The molecule has 9 nitrogen and oxygen atoms in total. The monoisotopic (exact) mass is 665 g/mol. The van der Waals surface area contributed by atoms with E-state index in [0.717, 1.165) is 85.3 Å². The maximum Gasteiger partial charge on any atom is 0.318 e. The first-order valence-electron chi connectivity index (χ1n) is 17.4. The van der Waals surface area contributed by atoms with Gasteiger partial charge >= 0.3 is 6.01 Å². The molecule has 0 aliphatic carbocycles. The van der Waals surface area contributed by atoms with Crippen LogP contribution in [0.4, 0.5) is 15.9 Å². The molecule has 4 aliphatic rings. The van der Waals surface area contributed by atoms with Gasteiger partial charge in [-0.2, -0.15) is 9.97 Å². The molecule has 0 amide bonds. The van der Waals surface area contributed by atoms with Crippen LogP contribution in [0.1, 0.15) is 75.6 Å². The highest BCUT2D eigenvalue weighted by molar-refractivity contribution is 7.91. The van der Waals surface area contributed by atoms with E-state index in [2.05, 4.69) is 21.6 Å². The van der Waals surface area contributed by atoms with Crippen LogP contribution >= 0.6 is 0 Å². The highest BCUT2D eigenvalue weighted by Crippen LogP contribution is 2.42. The molecule has 1 unspecified atom stereocenters. The Kier molecular flexibility index (Phi) is 8.74. The summed E-state index contributed by atoms with van der Waals surface area (Å²) in [6.07, 6.45) is 9.38. The minimum absolute atomic E-state index is 0.00783. The van der Waals surface area contributed by atoms with Crippen LogP contribution in [0.5, 0.6) is 11.8 Å². The van der Waals surface area contributed by atoms with Crippen LogP contribution in [-0.2, 0) is 29.2 Å². The molecular weight excluding hydrogens is 617 g/mol. The number of hydrogen-bond acceptors (Lipinski definition) is 9. The number of fused-ring (bicyclic) bond motifs is 3. The Balaban J connectivity index is 1.28. The average Bonchev–Trinajstić information content (AvgIpc) is 3.54. The first-order chi connectivity index (χ1) is 22.5. The Morgan fingerprint density at radius 1 is 1.06 bits per heavy atom. The van der Waals surface area contributed by atoms with Crippen LogP contribution in [0.2, 0.25) is 0 Å². The summed E-state index contributed by atoms with van der Waals surface area (Å²) in [5, 5.41) is 11.9. The minimum atomic E-state index is -3.24. The van der Waals surface area contributed by atoms with Crippen molar-refractivity contribution in [2.24, 2.45) is 5.92 Å². The number of nitrogens with zero attached hydrogens (tertiary/aromatic N) is 5. The van der Waals surface area contributed by atoms with Crippen molar-refractivity contribution >= 4 is 32.1 Å². The van der Waals surface area contributed by atoms with Gasteiger partial charge in [0, 0.05) is 55.1 Å². The smallest absolute Gasteiger partial charge is 0.318 e. The van der Waals surface area contributed by atoms with Crippen LogP contribution in [0, 0.1) is 11.7 Å². The van der Waals surface area contributed by atoms with Crippen LogP contribution in [0.25, 0.3) is 10.8 Å². The van der Waals surface area contributed by atoms with Crippen LogP contribution in [0.15, 0.2) is 24.3 Å². The number of anilines is 2. The molecule has 1 aromatic heterocycles. The predicted octanol–water partition coefficient (Wildman–Crippen LogP) is 5.65. The third-order valence-electron chi connectivity index (χ3n) is 11.1. The fraction of sp³-hybridized carbons (Fsp3) is 0.611. The molecule has 3 atom stereocenters. The maximum atomic E-state index is 15.1. The molecule has 47 heavy (non-hydrogen) atoms. The molecule has 1 N–H and O–H groups in total. The van der Waals surface area contributed by atoms with Crippen molar-refractivity contribution in [3.63, 3.8) is 0 Å². The standard InChI is InChI=1S/C36H48FN5O4S/c1-4-28-30(37)11-10-25-17-26(43)18-32(33(25)28)40-16-12-29-31(22-40)38-35(46-23-36-13-8-15-42(36)20-24(2)19-36)39-34(29)41-14-7-5-6-9-27(21-41)47(3,44)45/h10-11,17-18,24,27,43H,4-9,12-16,19-23H2,1-3H3/t24-,27?,36+/m1/s1. The average molecular weight is 666 g/mol. The highest BCUT2D eigenvalue weighted by Gasteiger charge is 2.48. The summed E-state index contributed by atoms with van der Waals surface area (Å²) in [6.45, 7) is 9.17. The predicted molar refractivity (Wildman–Crippen MR) is 184 cm³/mol. The van der Waals surface area contributed by atoms with Gasteiger partial charge in [-0.15, -0.1) is 0 Å². The second-order valence-electron chi connectivity index (χ2n) is 14.5. The van der Waals surface area contributed by atoms with Gasteiger partial charge in [-0.3, -0.25) is 4.90 Å². The van der Waals surface area contributed by atoms with Crippen molar-refractivity contribution in [3.8, 4) is 11.8 Å². The Morgan fingerprint density at radius 3 is 2.72 bits per heavy atom. The quantitative estimate of drug-likeness (QED) is 0.344. The lowest BCUT2D eigenvalue weighted by Crippen LogP contribution is -2.44. The summed E-state index contributed by atoms with van der Waals surface area (Å²) < 4.78 is 47.3. The lowest BCUT2D eigenvalue weighted by molar-refractivity contribution is 0.107. The fourth-order valence-electron chi connectivity index (χ4n) is 8.83. The number of rotatable bonds is 7. The van der Waals surface area contributed by atoms with Crippen molar-refractivity contribution in [1.82, 2.24) is 14.9 Å². The summed E-state index contributed by atoms with van der Waals surface area (Å²) in [5.74, 6) is 1.29. The van der Waals surface area contributed by atoms with E-state index in [1.165, 1.54) is 18.7 Å². The summed E-state index contributed by atoms with van der Waals surface area (Å²) in [6, 6.07) is 6.96. The van der Waals surface area contributed by atoms with E-state index in [1.54, 1.807) is 18.2 Å². The maximum absolute atomic E-state index is 15.1. The molecule has 11 heteroatoms. The van der Waals surface area contributed by atoms with E-state index < -0.39 is 15.1 Å². The van der Waals surface area contributed by atoms with E-state index in [-0.39, 0.29) is 17.1 Å². The van der Waals surface area contributed by atoms with Gasteiger partial charge in [0.1, 0.15) is 24.0 Å². The summed E-state index contributed by atoms with van der Waals surface area (Å²) in [7, 11) is -3.24. The summed E-state index contributed by atoms with van der Waals surface area (Å²) >= 11 is 0. The lowest BCUT2D eigenvalue weighted by Gasteiger charge is -2.36. The molecular formula is C36H48FN5O4S. The van der Waals surface area contributed by atoms with Crippen molar-refractivity contribution < 1.29 is 22.7 Å². The SMILES string of the molecule is CCc1c(F)ccc2cc(O)cc(N3CCc4c(nc(OC[C@@]56CCCN5C[C@H](C)C6)nc4N4CCCCCC(S(C)(=O)=O)C4)C3)c12. The molecule has 3 fully saturated rings. The van der Waals surface area contributed by atoms with Crippen molar-refractivity contribution in [2.75, 3.05) is 55.4 Å². The Labute approximate surface area is 278 Å². The molecule has 3 aromatic rings. The number of phenols is 1. The van der Waals surface area contributed by atoms with Gasteiger partial charge in [0.15, 0.2) is 9.84 Å². The largest absolute Gasteiger partial charge is 0.508 e. The number of aromatic nitrogens is 2. The Bertz CT molecular complexity index is 1770. The zero-order valence-corrected chi connectivity index (χ0v) is 28.8. The Morgan fingerprint density at radius 2 is 1.91 bits per heavy atom. The lowest BCUT2D eigenvalue weighted by atomic mass is 9.92. The number of phenolic OH excluding ortho intramolecular Hbond substituents is 1. The van der Waals surface area contributed by atoms with E-state index in [0.29, 0.717) is 63.0 Å². The number of sulfone groups is 1. The molecule has 0 saturated carbocycles. The van der Waals surface area contributed by atoms with E-state index in [1.807, 2.05) is 6.92 Å². The molecule has 7 rings (SSSR count). The molecule has 4 aliphatic heterocycles. The number of aryl methyl sites for hydroxylation is 1. The van der Waals surface area contributed by atoms with E-state index in [9.17, 15) is 13.5 Å². The number of halogens is 1. The molecule has 3 saturated heterocycles. The third-order valence-corrected chi connectivity index (χ3v) is 12.7.